The molecule has 4 N–H and O–H groups in total. The molecule has 0 aliphatic carbocycles. The Kier molecular flexibility index (Phi) is 10.1. The van der Waals surface area contributed by atoms with Crippen molar-refractivity contribution in [3.63, 3.8) is 0 Å². The van der Waals surface area contributed by atoms with Crippen LogP contribution in [0.5, 0.6) is 11.5 Å². The number of hydrogen-bond acceptors (Lipinski definition) is 7. The van der Waals surface area contributed by atoms with Crippen LogP contribution in [0.15, 0.2) is 71.6 Å². The third-order valence-electron chi connectivity index (χ3n) is 5.91. The molecule has 1 aliphatic rings. The molecule has 0 spiro atoms. The molecular weight excluding hydrogens is 579 g/mol. The lowest BCUT2D eigenvalue weighted by Crippen LogP contribution is -2.39. The summed E-state index contributed by atoms with van der Waals surface area (Å²) in [6, 6.07) is 16.6. The van der Waals surface area contributed by atoms with E-state index in [2.05, 4.69) is 20.7 Å². The highest BCUT2D eigenvalue weighted by Crippen LogP contribution is 2.35. The number of carbonyl (C=O) groups excluding carboxylic acids is 2. The molecule has 0 atom stereocenters. The lowest BCUT2D eigenvalue weighted by atomic mass is 10.1. The van der Waals surface area contributed by atoms with Crippen LogP contribution < -0.4 is 25.4 Å². The Morgan fingerprint density at radius 3 is 2.33 bits per heavy atom. The number of carbonyl (C=O) groups is 2. The van der Waals surface area contributed by atoms with Crippen LogP contribution in [0, 0.1) is 0 Å². The third kappa shape index (κ3) is 8.25. The highest BCUT2D eigenvalue weighted by Gasteiger charge is 2.19. The number of hydrogen-bond donors (Lipinski definition) is 4. The summed E-state index contributed by atoms with van der Waals surface area (Å²) < 4.78 is 39.8. The molecule has 40 heavy (non-hydrogen) atoms. The molecule has 0 aromatic heterocycles. The number of piperidine rings is 1. The number of amides is 2. The Balaban J connectivity index is 1.30. The van der Waals surface area contributed by atoms with E-state index < -0.39 is 22.0 Å². The number of ether oxygens (including phenoxy) is 2. The second kappa shape index (κ2) is 13.7. The minimum atomic E-state index is -4.01. The van der Waals surface area contributed by atoms with Crippen LogP contribution >= 0.6 is 23.2 Å². The average Bonchev–Trinajstić information content (AvgIpc) is 2.94. The molecule has 0 bridgehead atoms. The zero-order chi connectivity index (χ0) is 28.5. The lowest BCUT2D eigenvalue weighted by molar-refractivity contribution is 0.0790. The number of rotatable bonds is 10. The first-order valence-corrected chi connectivity index (χ1v) is 14.7. The highest BCUT2D eigenvalue weighted by atomic mass is 35.5. The Morgan fingerprint density at radius 1 is 0.900 bits per heavy atom. The van der Waals surface area contributed by atoms with Crippen LogP contribution in [-0.2, 0) is 14.8 Å². The van der Waals surface area contributed by atoms with Crippen LogP contribution in [-0.4, -0.2) is 52.7 Å². The van der Waals surface area contributed by atoms with Crippen molar-refractivity contribution in [3.05, 3.63) is 82.3 Å². The number of nitrogens with one attached hydrogen (secondary N) is 4. The molecule has 0 radical (unpaired) electrons. The second-order valence-electron chi connectivity index (χ2n) is 8.84. The van der Waals surface area contributed by atoms with Gasteiger partial charge in [-0.25, -0.2) is 13.2 Å². The number of benzene rings is 3. The zero-order valence-electron chi connectivity index (χ0n) is 21.3. The Bertz CT molecular complexity index is 1450. The average molecular weight is 608 g/mol. The number of sulfonamides is 1. The first kappa shape index (κ1) is 29.5. The van der Waals surface area contributed by atoms with Gasteiger partial charge in [0.1, 0.15) is 11.9 Å². The summed E-state index contributed by atoms with van der Waals surface area (Å²) in [5, 5.41) is 9.19. The highest BCUT2D eigenvalue weighted by molar-refractivity contribution is 7.92. The third-order valence-corrected chi connectivity index (χ3v) is 7.82. The molecular formula is C27H28Cl2N4O6S. The van der Waals surface area contributed by atoms with Gasteiger partial charge in [0, 0.05) is 23.7 Å². The second-order valence-corrected chi connectivity index (χ2v) is 11.4. The molecule has 3 aromatic carbocycles. The first-order valence-electron chi connectivity index (χ1n) is 12.5. The fraction of sp³-hybridized carbons (Fsp3) is 0.259. The van der Waals surface area contributed by atoms with Gasteiger partial charge in [0.05, 0.1) is 15.6 Å². The molecule has 2 amide bonds. The van der Waals surface area contributed by atoms with Gasteiger partial charge in [0.2, 0.25) is 0 Å². The van der Waals surface area contributed by atoms with Crippen molar-refractivity contribution in [1.29, 1.82) is 0 Å². The summed E-state index contributed by atoms with van der Waals surface area (Å²) in [6.07, 6.45) is 0.906. The predicted octanol–water partition coefficient (Wildman–Crippen LogP) is 4.79. The Labute approximate surface area is 242 Å². The van der Waals surface area contributed by atoms with E-state index in [1.165, 1.54) is 30.3 Å². The molecule has 4 rings (SSSR count). The van der Waals surface area contributed by atoms with Gasteiger partial charge < -0.3 is 25.4 Å². The summed E-state index contributed by atoms with van der Waals surface area (Å²) >= 11 is 12.1. The number of anilines is 1. The van der Waals surface area contributed by atoms with Crippen molar-refractivity contribution >= 4 is 50.9 Å². The SMILES string of the molecule is O=C(NCCNC(=O)c1ccc(S(=O)(=O)Nc2ccccc2Oc2ccc(Cl)cc2Cl)cc1)OC1CCNCC1. The van der Waals surface area contributed by atoms with Gasteiger partial charge >= 0.3 is 6.09 Å². The van der Waals surface area contributed by atoms with E-state index in [1.807, 2.05) is 0 Å². The molecule has 3 aromatic rings. The van der Waals surface area contributed by atoms with Crippen LogP contribution in [0.2, 0.25) is 10.0 Å². The van der Waals surface area contributed by atoms with E-state index in [4.69, 9.17) is 32.7 Å². The maximum Gasteiger partial charge on any atom is 0.407 e. The monoisotopic (exact) mass is 606 g/mol. The largest absolute Gasteiger partial charge is 0.454 e. The normalized spacial score (nSPS) is 13.8. The smallest absolute Gasteiger partial charge is 0.407 e. The van der Waals surface area contributed by atoms with Crippen molar-refractivity contribution < 1.29 is 27.5 Å². The van der Waals surface area contributed by atoms with E-state index in [0.717, 1.165) is 25.9 Å². The molecule has 0 saturated carbocycles. The maximum absolute atomic E-state index is 13.1. The molecule has 1 fully saturated rings. The maximum atomic E-state index is 13.1. The number of para-hydroxylation sites is 2. The number of halogens is 2. The summed E-state index contributed by atoms with van der Waals surface area (Å²) in [6.45, 7) is 1.99. The van der Waals surface area contributed by atoms with E-state index in [0.29, 0.717) is 10.8 Å². The molecule has 0 unspecified atom stereocenters. The Hall–Kier alpha value is -3.51. The van der Waals surface area contributed by atoms with E-state index in [9.17, 15) is 18.0 Å². The summed E-state index contributed by atoms with van der Waals surface area (Å²) in [4.78, 5) is 24.3. The van der Waals surface area contributed by atoms with Crippen molar-refractivity contribution in [2.75, 3.05) is 30.9 Å². The van der Waals surface area contributed by atoms with Gasteiger partial charge in [-0.2, -0.15) is 0 Å². The standard InChI is InChI=1S/C27H28Cl2N4O6S/c28-19-7-10-24(22(29)17-19)39-25-4-2-1-3-23(25)33-40(36,37)21-8-5-18(6-9-21)26(34)31-15-16-32-27(35)38-20-11-13-30-14-12-20/h1-10,17,20,30,33H,11-16H2,(H,31,34)(H,32,35). The van der Waals surface area contributed by atoms with Crippen molar-refractivity contribution in [3.8, 4) is 11.5 Å². The van der Waals surface area contributed by atoms with Crippen LogP contribution in [0.4, 0.5) is 10.5 Å². The Morgan fingerprint density at radius 2 is 1.60 bits per heavy atom. The van der Waals surface area contributed by atoms with E-state index >= 15 is 0 Å². The zero-order valence-corrected chi connectivity index (χ0v) is 23.6. The topological polar surface area (TPSA) is 135 Å². The quantitative estimate of drug-likeness (QED) is 0.244. The molecule has 13 heteroatoms. The van der Waals surface area contributed by atoms with Crippen LogP contribution in [0.3, 0.4) is 0 Å². The molecule has 212 valence electrons. The van der Waals surface area contributed by atoms with Crippen LogP contribution in [0.1, 0.15) is 23.2 Å². The summed E-state index contributed by atoms with van der Waals surface area (Å²) in [5.74, 6) is 0.130. The van der Waals surface area contributed by atoms with Crippen molar-refractivity contribution in [1.82, 2.24) is 16.0 Å². The van der Waals surface area contributed by atoms with Crippen LogP contribution in [0.25, 0.3) is 0 Å². The van der Waals surface area contributed by atoms with Gasteiger partial charge in [-0.05, 0) is 80.5 Å². The molecule has 1 heterocycles. The van der Waals surface area contributed by atoms with Crippen molar-refractivity contribution in [2.45, 2.75) is 23.8 Å². The lowest BCUT2D eigenvalue weighted by Gasteiger charge is -2.22. The number of alkyl carbamates (subject to hydrolysis) is 1. The van der Waals surface area contributed by atoms with Gasteiger partial charge in [-0.3, -0.25) is 9.52 Å². The van der Waals surface area contributed by atoms with Gasteiger partial charge in [-0.1, -0.05) is 35.3 Å². The predicted molar refractivity (Wildman–Crippen MR) is 153 cm³/mol. The van der Waals surface area contributed by atoms with E-state index in [1.54, 1.807) is 36.4 Å². The van der Waals surface area contributed by atoms with Gasteiger partial charge in [0.25, 0.3) is 15.9 Å². The summed E-state index contributed by atoms with van der Waals surface area (Å²) in [7, 11) is -4.01. The molecule has 10 nitrogen and oxygen atoms in total. The fourth-order valence-corrected chi connectivity index (χ4v) is 5.37. The van der Waals surface area contributed by atoms with E-state index in [-0.39, 0.29) is 46.1 Å². The molecule has 1 saturated heterocycles. The van der Waals surface area contributed by atoms with Crippen molar-refractivity contribution in [2.24, 2.45) is 0 Å². The molecule has 1 aliphatic heterocycles. The first-order chi connectivity index (χ1) is 19.2. The summed E-state index contributed by atoms with van der Waals surface area (Å²) in [5.41, 5.74) is 0.457. The fourth-order valence-electron chi connectivity index (χ4n) is 3.85. The van der Waals surface area contributed by atoms with Gasteiger partial charge in [-0.15, -0.1) is 0 Å². The van der Waals surface area contributed by atoms with Gasteiger partial charge in [0.15, 0.2) is 5.75 Å². The minimum absolute atomic E-state index is 0.0503. The minimum Gasteiger partial charge on any atom is -0.454 e.